The minimum atomic E-state index is -4.10. The zero-order chi connectivity index (χ0) is 14.1. The molecule has 0 amide bonds. The maximum absolute atomic E-state index is 12.3. The summed E-state index contributed by atoms with van der Waals surface area (Å²) in [5.74, 6) is 0. The lowest BCUT2D eigenvalue weighted by molar-refractivity contribution is -0.149. The van der Waals surface area contributed by atoms with Crippen LogP contribution in [-0.2, 0) is 4.74 Å². The van der Waals surface area contributed by atoms with E-state index in [1.54, 1.807) is 0 Å². The standard InChI is InChI=1S/C12H22F3N3O/c1-11(9-19-6-10(11)16)7-17-2-4-18(5-3-17)8-12(13,14)15/h10H,2-9,16H2,1H3. The van der Waals surface area contributed by atoms with Gasteiger partial charge in [0.25, 0.3) is 0 Å². The van der Waals surface area contributed by atoms with Crippen molar-refractivity contribution in [3.05, 3.63) is 0 Å². The molecule has 0 aromatic carbocycles. The molecule has 2 aliphatic heterocycles. The molecule has 19 heavy (non-hydrogen) atoms. The number of ether oxygens (including phenoxy) is 1. The van der Waals surface area contributed by atoms with E-state index in [9.17, 15) is 13.2 Å². The molecule has 0 spiro atoms. The predicted molar refractivity (Wildman–Crippen MR) is 65.8 cm³/mol. The van der Waals surface area contributed by atoms with Crippen LogP contribution in [0.5, 0.6) is 0 Å². The quantitative estimate of drug-likeness (QED) is 0.819. The number of piperazine rings is 1. The summed E-state index contributed by atoms with van der Waals surface area (Å²) < 4.78 is 42.3. The van der Waals surface area contributed by atoms with E-state index < -0.39 is 12.7 Å². The van der Waals surface area contributed by atoms with Gasteiger partial charge in [-0.3, -0.25) is 4.90 Å². The number of nitrogens with two attached hydrogens (primary N) is 1. The Morgan fingerprint density at radius 1 is 1.21 bits per heavy atom. The molecule has 0 bridgehead atoms. The Labute approximate surface area is 111 Å². The van der Waals surface area contributed by atoms with Crippen molar-refractivity contribution in [3.8, 4) is 0 Å². The van der Waals surface area contributed by atoms with E-state index in [0.717, 1.165) is 6.54 Å². The summed E-state index contributed by atoms with van der Waals surface area (Å²) in [7, 11) is 0. The maximum Gasteiger partial charge on any atom is 0.401 e. The highest BCUT2D eigenvalue weighted by atomic mass is 19.4. The van der Waals surface area contributed by atoms with Crippen LogP contribution in [0.2, 0.25) is 0 Å². The number of alkyl halides is 3. The molecule has 7 heteroatoms. The molecule has 2 saturated heterocycles. The van der Waals surface area contributed by atoms with Gasteiger partial charge in [0.15, 0.2) is 0 Å². The Bertz CT molecular complexity index is 305. The number of hydrogen-bond acceptors (Lipinski definition) is 4. The van der Waals surface area contributed by atoms with E-state index in [0.29, 0.717) is 39.4 Å². The molecule has 112 valence electrons. The van der Waals surface area contributed by atoms with Gasteiger partial charge < -0.3 is 15.4 Å². The second-order valence-corrected chi connectivity index (χ2v) is 5.94. The molecular weight excluding hydrogens is 259 g/mol. The van der Waals surface area contributed by atoms with Gasteiger partial charge in [0.05, 0.1) is 19.8 Å². The summed E-state index contributed by atoms with van der Waals surface area (Å²) in [5, 5.41) is 0. The summed E-state index contributed by atoms with van der Waals surface area (Å²) >= 11 is 0. The highest BCUT2D eigenvalue weighted by Crippen LogP contribution is 2.28. The molecule has 2 fully saturated rings. The third-order valence-corrected chi connectivity index (χ3v) is 4.08. The van der Waals surface area contributed by atoms with Crippen LogP contribution in [0.25, 0.3) is 0 Å². The second-order valence-electron chi connectivity index (χ2n) is 5.94. The van der Waals surface area contributed by atoms with Crippen molar-refractivity contribution in [2.45, 2.75) is 19.1 Å². The van der Waals surface area contributed by atoms with Crippen molar-refractivity contribution in [1.82, 2.24) is 9.80 Å². The summed E-state index contributed by atoms with van der Waals surface area (Å²) in [6, 6.07) is 0.0145. The Balaban J connectivity index is 1.77. The largest absolute Gasteiger partial charge is 0.401 e. The predicted octanol–water partition coefficient (Wildman–Crippen LogP) is 0.530. The van der Waals surface area contributed by atoms with E-state index in [1.807, 2.05) is 0 Å². The molecule has 0 aromatic rings. The van der Waals surface area contributed by atoms with Gasteiger partial charge in [-0.1, -0.05) is 6.92 Å². The number of halogens is 3. The zero-order valence-electron chi connectivity index (χ0n) is 11.2. The summed E-state index contributed by atoms with van der Waals surface area (Å²) in [6.07, 6.45) is -4.10. The first kappa shape index (κ1) is 15.0. The summed E-state index contributed by atoms with van der Waals surface area (Å²) in [6.45, 7) is 5.55. The van der Waals surface area contributed by atoms with Crippen LogP contribution in [0.1, 0.15) is 6.92 Å². The van der Waals surface area contributed by atoms with E-state index in [4.69, 9.17) is 10.5 Å². The fraction of sp³-hybridized carbons (Fsp3) is 1.00. The van der Waals surface area contributed by atoms with Crippen molar-refractivity contribution in [1.29, 1.82) is 0 Å². The number of nitrogens with zero attached hydrogens (tertiary/aromatic N) is 2. The first-order chi connectivity index (χ1) is 8.78. The summed E-state index contributed by atoms with van der Waals surface area (Å²) in [4.78, 5) is 3.66. The molecule has 0 aromatic heterocycles. The monoisotopic (exact) mass is 281 g/mol. The van der Waals surface area contributed by atoms with Crippen molar-refractivity contribution >= 4 is 0 Å². The van der Waals surface area contributed by atoms with Gasteiger partial charge in [-0.15, -0.1) is 0 Å². The Kier molecular flexibility index (Phi) is 4.39. The van der Waals surface area contributed by atoms with Gasteiger partial charge in [-0.25, -0.2) is 0 Å². The van der Waals surface area contributed by atoms with Crippen molar-refractivity contribution in [2.24, 2.45) is 11.1 Å². The molecule has 2 heterocycles. The topological polar surface area (TPSA) is 41.7 Å². The van der Waals surface area contributed by atoms with Crippen molar-refractivity contribution in [3.63, 3.8) is 0 Å². The molecule has 2 unspecified atom stereocenters. The minimum Gasteiger partial charge on any atom is -0.379 e. The van der Waals surface area contributed by atoms with Crippen LogP contribution in [0, 0.1) is 5.41 Å². The summed E-state index contributed by atoms with van der Waals surface area (Å²) in [5.41, 5.74) is 5.95. The molecule has 0 aliphatic carbocycles. The first-order valence-electron chi connectivity index (χ1n) is 6.63. The van der Waals surface area contributed by atoms with Crippen LogP contribution < -0.4 is 5.73 Å². The lowest BCUT2D eigenvalue weighted by atomic mass is 9.85. The van der Waals surface area contributed by atoms with Crippen LogP contribution in [0.3, 0.4) is 0 Å². The highest BCUT2D eigenvalue weighted by Gasteiger charge is 2.40. The van der Waals surface area contributed by atoms with Gasteiger partial charge >= 0.3 is 6.18 Å². The zero-order valence-corrected chi connectivity index (χ0v) is 11.2. The fourth-order valence-corrected chi connectivity index (χ4v) is 2.76. The molecule has 0 saturated carbocycles. The Hall–Kier alpha value is -0.370. The smallest absolute Gasteiger partial charge is 0.379 e. The van der Waals surface area contributed by atoms with E-state index >= 15 is 0 Å². The number of rotatable bonds is 3. The van der Waals surface area contributed by atoms with Gasteiger partial charge in [0.1, 0.15) is 0 Å². The Morgan fingerprint density at radius 3 is 2.26 bits per heavy atom. The SMILES string of the molecule is CC1(CN2CCN(CC(F)(F)F)CC2)COCC1N. The molecule has 2 atom stereocenters. The fourth-order valence-electron chi connectivity index (χ4n) is 2.76. The average molecular weight is 281 g/mol. The normalized spacial score (nSPS) is 34.9. The first-order valence-corrected chi connectivity index (χ1v) is 6.63. The van der Waals surface area contributed by atoms with E-state index in [1.165, 1.54) is 4.90 Å². The van der Waals surface area contributed by atoms with E-state index in [-0.39, 0.29) is 11.5 Å². The molecule has 2 aliphatic rings. The molecule has 2 rings (SSSR count). The Morgan fingerprint density at radius 2 is 1.79 bits per heavy atom. The van der Waals surface area contributed by atoms with Gasteiger partial charge in [-0.05, 0) is 0 Å². The van der Waals surface area contributed by atoms with Gasteiger partial charge in [0, 0.05) is 44.2 Å². The molecular formula is C12H22F3N3O. The third-order valence-electron chi connectivity index (χ3n) is 4.08. The van der Waals surface area contributed by atoms with Crippen LogP contribution in [0.15, 0.2) is 0 Å². The van der Waals surface area contributed by atoms with Gasteiger partial charge in [0.2, 0.25) is 0 Å². The minimum absolute atomic E-state index is 0.0145. The lowest BCUT2D eigenvalue weighted by Gasteiger charge is -2.39. The van der Waals surface area contributed by atoms with Crippen LogP contribution >= 0.6 is 0 Å². The second kappa shape index (κ2) is 5.55. The highest BCUT2D eigenvalue weighted by molar-refractivity contribution is 4.93. The van der Waals surface area contributed by atoms with Crippen LogP contribution in [-0.4, -0.2) is 74.5 Å². The number of hydrogen-bond donors (Lipinski definition) is 1. The van der Waals surface area contributed by atoms with Crippen molar-refractivity contribution in [2.75, 3.05) is 52.5 Å². The van der Waals surface area contributed by atoms with Crippen LogP contribution in [0.4, 0.5) is 13.2 Å². The molecule has 2 N–H and O–H groups in total. The van der Waals surface area contributed by atoms with E-state index in [2.05, 4.69) is 11.8 Å². The van der Waals surface area contributed by atoms with Crippen molar-refractivity contribution < 1.29 is 17.9 Å². The molecule has 4 nitrogen and oxygen atoms in total. The molecule has 0 radical (unpaired) electrons. The average Bonchev–Trinajstić information content (AvgIpc) is 2.60. The maximum atomic E-state index is 12.3. The lowest BCUT2D eigenvalue weighted by Crippen LogP contribution is -2.54. The van der Waals surface area contributed by atoms with Gasteiger partial charge in [-0.2, -0.15) is 13.2 Å². The third kappa shape index (κ3) is 4.05.